The molecule has 0 saturated heterocycles. The van der Waals surface area contributed by atoms with Gasteiger partial charge in [-0.05, 0) is 24.3 Å². The largest absolute Gasteiger partial charge is 1.00 e. The van der Waals surface area contributed by atoms with Crippen molar-refractivity contribution in [2.75, 3.05) is 11.9 Å². The average Bonchev–Trinajstić information content (AvgIpc) is 2.19. The monoisotopic (exact) mass is 266 g/mol. The van der Waals surface area contributed by atoms with Crippen molar-refractivity contribution >= 4 is 29.3 Å². The summed E-state index contributed by atoms with van der Waals surface area (Å²) in [4.78, 5) is 21.1. The molecular weight excluding hydrogens is 259 g/mol. The fourth-order valence-corrected chi connectivity index (χ4v) is 0.987. The first-order valence-electron chi connectivity index (χ1n) is 4.08. The van der Waals surface area contributed by atoms with Crippen molar-refractivity contribution in [2.24, 2.45) is 0 Å². The quantitative estimate of drug-likeness (QED) is 0.581. The minimum Gasteiger partial charge on any atom is -0.548 e. The molecule has 0 saturated carbocycles. The summed E-state index contributed by atoms with van der Waals surface area (Å²) in [6.45, 7) is -0.528. The van der Waals surface area contributed by atoms with Crippen LogP contribution in [0.3, 0.4) is 0 Å². The molecule has 2 amide bonds. The number of urea groups is 1. The number of anilines is 1. The summed E-state index contributed by atoms with van der Waals surface area (Å²) in [6.07, 6.45) is 0. The minimum absolute atomic E-state index is 0. The van der Waals surface area contributed by atoms with Crippen LogP contribution < -0.4 is 67.1 Å². The fourth-order valence-electron chi connectivity index (χ4n) is 0.861. The van der Waals surface area contributed by atoms with Gasteiger partial charge in [-0.25, -0.2) is 4.79 Å². The van der Waals surface area contributed by atoms with E-state index in [-0.39, 0.29) is 51.4 Å². The molecule has 1 rings (SSSR count). The van der Waals surface area contributed by atoms with E-state index >= 15 is 0 Å². The summed E-state index contributed by atoms with van der Waals surface area (Å²) in [5.74, 6) is -1.35. The Morgan fingerprint density at radius 2 is 1.81 bits per heavy atom. The van der Waals surface area contributed by atoms with Crippen molar-refractivity contribution in [1.82, 2.24) is 5.32 Å². The summed E-state index contributed by atoms with van der Waals surface area (Å²) in [5.41, 5.74) is 0.523. The molecule has 0 unspecified atom stereocenters. The van der Waals surface area contributed by atoms with Crippen LogP contribution in [0.2, 0.25) is 5.02 Å². The van der Waals surface area contributed by atoms with E-state index in [2.05, 4.69) is 10.6 Å². The van der Waals surface area contributed by atoms with Crippen LogP contribution in [0.1, 0.15) is 0 Å². The molecule has 0 fully saturated rings. The van der Waals surface area contributed by atoms with Gasteiger partial charge in [-0.15, -0.1) is 0 Å². The van der Waals surface area contributed by atoms with E-state index in [0.29, 0.717) is 10.7 Å². The van der Waals surface area contributed by atoms with Gasteiger partial charge in [-0.1, -0.05) is 11.6 Å². The number of halogens is 1. The minimum atomic E-state index is -1.35. The van der Waals surface area contributed by atoms with Crippen LogP contribution >= 0.6 is 11.6 Å². The van der Waals surface area contributed by atoms with Crippen LogP contribution in [0.4, 0.5) is 10.5 Å². The van der Waals surface area contributed by atoms with Crippen LogP contribution in [0.15, 0.2) is 24.3 Å². The molecule has 7 heteroatoms. The molecule has 0 aliphatic rings. The predicted molar refractivity (Wildman–Crippen MR) is 53.5 cm³/mol. The van der Waals surface area contributed by atoms with Crippen molar-refractivity contribution in [2.45, 2.75) is 0 Å². The van der Waals surface area contributed by atoms with E-state index in [1.165, 1.54) is 0 Å². The Morgan fingerprint density at radius 1 is 1.25 bits per heavy atom. The van der Waals surface area contributed by atoms with E-state index in [0.717, 1.165) is 0 Å². The van der Waals surface area contributed by atoms with Crippen molar-refractivity contribution < 1.29 is 66.1 Å². The van der Waals surface area contributed by atoms with Gasteiger partial charge in [0.05, 0.1) is 12.5 Å². The second-order valence-electron chi connectivity index (χ2n) is 2.69. The Hall–Kier alpha value is -0.114. The van der Waals surface area contributed by atoms with Crippen molar-refractivity contribution in [3.63, 3.8) is 0 Å². The zero-order valence-electron chi connectivity index (χ0n) is 8.62. The van der Waals surface area contributed by atoms with Gasteiger partial charge in [0, 0.05) is 10.7 Å². The van der Waals surface area contributed by atoms with Gasteiger partial charge in [0.1, 0.15) is 0 Å². The number of carboxylic acid groups (broad SMARTS) is 1. The van der Waals surface area contributed by atoms with E-state index < -0.39 is 18.5 Å². The Morgan fingerprint density at radius 3 is 2.31 bits per heavy atom. The number of carbonyl (C=O) groups excluding carboxylic acids is 2. The van der Waals surface area contributed by atoms with Gasteiger partial charge in [-0.2, -0.15) is 0 Å². The Balaban J connectivity index is 0.00000225. The van der Waals surface area contributed by atoms with Crippen LogP contribution in [-0.4, -0.2) is 18.5 Å². The smallest absolute Gasteiger partial charge is 0.548 e. The third-order valence-electron chi connectivity index (χ3n) is 1.50. The van der Waals surface area contributed by atoms with E-state index in [1.807, 2.05) is 0 Å². The number of nitrogens with one attached hydrogen (secondary N) is 2. The number of benzene rings is 1. The number of amides is 2. The molecule has 0 heterocycles. The molecular formula is C9H8ClKN2O3. The zero-order valence-corrected chi connectivity index (χ0v) is 12.5. The van der Waals surface area contributed by atoms with Crippen molar-refractivity contribution in [1.29, 1.82) is 0 Å². The maximum atomic E-state index is 11.1. The summed E-state index contributed by atoms with van der Waals surface area (Å²) in [5, 5.41) is 15.1. The van der Waals surface area contributed by atoms with E-state index in [9.17, 15) is 14.7 Å². The van der Waals surface area contributed by atoms with Gasteiger partial charge in [0.15, 0.2) is 0 Å². The second-order valence-corrected chi connectivity index (χ2v) is 3.12. The Labute approximate surface area is 140 Å². The van der Waals surface area contributed by atoms with Crippen LogP contribution in [0.5, 0.6) is 0 Å². The fraction of sp³-hybridized carbons (Fsp3) is 0.111. The maximum Gasteiger partial charge on any atom is 1.00 e. The van der Waals surface area contributed by atoms with Crippen molar-refractivity contribution in [3.8, 4) is 0 Å². The van der Waals surface area contributed by atoms with Gasteiger partial charge < -0.3 is 20.5 Å². The standard InChI is InChI=1S/C9H9ClN2O3.K/c10-6-1-3-7(4-2-6)12-9(15)11-5-8(13)14;/h1-4H,5H2,(H,13,14)(H2,11,12,15);/q;+1/p-1. The molecule has 1 aromatic carbocycles. The number of rotatable bonds is 3. The predicted octanol–water partition coefficient (Wildman–Crippen LogP) is -2.78. The van der Waals surface area contributed by atoms with Crippen LogP contribution in [0.25, 0.3) is 0 Å². The molecule has 0 aliphatic carbocycles. The third-order valence-corrected chi connectivity index (χ3v) is 1.75. The van der Waals surface area contributed by atoms with E-state index in [4.69, 9.17) is 11.6 Å². The zero-order chi connectivity index (χ0) is 11.3. The topological polar surface area (TPSA) is 81.3 Å². The summed E-state index contributed by atoms with van der Waals surface area (Å²) >= 11 is 5.64. The molecule has 16 heavy (non-hydrogen) atoms. The second kappa shape index (κ2) is 8.05. The molecule has 5 nitrogen and oxygen atoms in total. The summed E-state index contributed by atoms with van der Waals surface area (Å²) in [7, 11) is 0. The number of aliphatic carboxylic acids is 1. The first-order chi connectivity index (χ1) is 7.08. The molecule has 1 aromatic rings. The van der Waals surface area contributed by atoms with Gasteiger partial charge in [-0.3, -0.25) is 0 Å². The average molecular weight is 267 g/mol. The number of carboxylic acids is 1. The Kier molecular flexibility index (Phi) is 7.99. The first-order valence-corrected chi connectivity index (χ1v) is 4.46. The van der Waals surface area contributed by atoms with Gasteiger partial charge in [0.25, 0.3) is 0 Å². The molecule has 0 bridgehead atoms. The van der Waals surface area contributed by atoms with Crippen LogP contribution in [-0.2, 0) is 4.79 Å². The molecule has 0 spiro atoms. The number of hydrogen-bond donors (Lipinski definition) is 2. The van der Waals surface area contributed by atoms with Gasteiger partial charge >= 0.3 is 57.4 Å². The maximum absolute atomic E-state index is 11.1. The molecule has 0 aromatic heterocycles. The van der Waals surface area contributed by atoms with Crippen molar-refractivity contribution in [3.05, 3.63) is 29.3 Å². The Bertz CT molecular complexity index is 370. The van der Waals surface area contributed by atoms with E-state index in [1.54, 1.807) is 24.3 Å². The molecule has 0 aliphatic heterocycles. The number of carbonyl (C=O) groups is 2. The molecule has 2 N–H and O–H groups in total. The first kappa shape index (κ1) is 15.9. The normalized spacial score (nSPS) is 8.81. The summed E-state index contributed by atoms with van der Waals surface area (Å²) in [6, 6.07) is 5.80. The SMILES string of the molecule is O=C([O-])CNC(=O)Nc1ccc(Cl)cc1.[K+]. The van der Waals surface area contributed by atoms with Gasteiger partial charge in [0.2, 0.25) is 0 Å². The van der Waals surface area contributed by atoms with Crippen LogP contribution in [0, 0.1) is 0 Å². The molecule has 0 atom stereocenters. The summed E-state index contributed by atoms with van der Waals surface area (Å²) < 4.78 is 0. The molecule has 0 radical (unpaired) electrons. The third kappa shape index (κ3) is 6.46. The number of hydrogen-bond acceptors (Lipinski definition) is 3. The molecule has 80 valence electrons.